The lowest BCUT2D eigenvalue weighted by atomic mass is 10.0. The average Bonchev–Trinajstić information content (AvgIpc) is 2.70. The molecule has 0 bridgehead atoms. The maximum absolute atomic E-state index is 13.7. The monoisotopic (exact) mass is 369 g/mol. The molecule has 0 unspecified atom stereocenters. The zero-order valence-electron chi connectivity index (χ0n) is 14.6. The van der Waals surface area contributed by atoms with Crippen LogP contribution < -0.4 is 10.2 Å². The lowest BCUT2D eigenvalue weighted by Crippen LogP contribution is -2.53. The van der Waals surface area contributed by atoms with Crippen LogP contribution in [0.4, 0.5) is 24.5 Å². The third kappa shape index (κ3) is 4.00. The van der Waals surface area contributed by atoms with Crippen LogP contribution in [0, 0.1) is 5.92 Å². The van der Waals surface area contributed by atoms with E-state index in [4.69, 9.17) is 0 Å². The highest BCUT2D eigenvalue weighted by Gasteiger charge is 2.49. The van der Waals surface area contributed by atoms with Crippen molar-refractivity contribution >= 4 is 23.2 Å². The highest BCUT2D eigenvalue weighted by Crippen LogP contribution is 2.37. The van der Waals surface area contributed by atoms with Crippen molar-refractivity contribution in [1.82, 2.24) is 4.90 Å². The number of nitrogens with zero attached hydrogens (tertiary/aromatic N) is 2. The number of nitrogens with one attached hydrogen (secondary N) is 1. The summed E-state index contributed by atoms with van der Waals surface area (Å²) < 4.78 is 41.0. The molecule has 0 aromatic heterocycles. The van der Waals surface area contributed by atoms with E-state index in [1.54, 1.807) is 12.1 Å². The van der Waals surface area contributed by atoms with Crippen LogP contribution in [0.1, 0.15) is 26.2 Å². The normalized spacial score (nSPS) is 24.6. The number of carbonyl (C=O) groups is 2. The standard InChI is InChI=1S/C18H22F3N3O2/c1-12-5-4-8-23(10-12)11-17(26)24-14-7-3-2-6-13(14)22-16(25)9-15(24)18(19,20)21/h2-3,6-7,12,15H,4-5,8-11H2,1H3,(H,22,25)/t12-,15-/m0/s1. The van der Waals surface area contributed by atoms with Gasteiger partial charge in [-0.1, -0.05) is 19.1 Å². The molecule has 2 amide bonds. The number of benzene rings is 1. The van der Waals surface area contributed by atoms with Crippen LogP contribution in [-0.2, 0) is 9.59 Å². The second-order valence-electron chi connectivity index (χ2n) is 7.07. The Morgan fingerprint density at radius 1 is 1.31 bits per heavy atom. The lowest BCUT2D eigenvalue weighted by Gasteiger charge is -2.35. The van der Waals surface area contributed by atoms with Gasteiger partial charge in [0.15, 0.2) is 0 Å². The minimum atomic E-state index is -4.69. The molecule has 0 saturated carbocycles. The second-order valence-corrected chi connectivity index (χ2v) is 7.07. The number of likely N-dealkylation sites (tertiary alicyclic amines) is 1. The first-order valence-corrected chi connectivity index (χ1v) is 8.75. The van der Waals surface area contributed by atoms with Crippen molar-refractivity contribution in [3.63, 3.8) is 0 Å². The van der Waals surface area contributed by atoms with Crippen molar-refractivity contribution in [3.8, 4) is 0 Å². The maximum atomic E-state index is 13.7. The zero-order chi connectivity index (χ0) is 18.9. The number of para-hydroxylation sites is 2. The molecule has 2 aliphatic heterocycles. The second kappa shape index (κ2) is 7.26. The fourth-order valence-corrected chi connectivity index (χ4v) is 3.69. The Kier molecular flexibility index (Phi) is 5.22. The predicted molar refractivity (Wildman–Crippen MR) is 91.9 cm³/mol. The number of anilines is 2. The summed E-state index contributed by atoms with van der Waals surface area (Å²) in [6.45, 7) is 3.37. The Hall–Kier alpha value is -2.09. The van der Waals surface area contributed by atoms with E-state index in [9.17, 15) is 22.8 Å². The van der Waals surface area contributed by atoms with Gasteiger partial charge in [-0.3, -0.25) is 19.4 Å². The number of piperidine rings is 1. The summed E-state index contributed by atoms with van der Waals surface area (Å²) in [5.41, 5.74) is 0.320. The number of carbonyl (C=O) groups excluding carboxylic acids is 2. The first-order chi connectivity index (χ1) is 12.3. The molecule has 0 radical (unpaired) electrons. The van der Waals surface area contributed by atoms with Crippen LogP contribution in [0.5, 0.6) is 0 Å². The third-order valence-electron chi connectivity index (χ3n) is 4.87. The third-order valence-corrected chi connectivity index (χ3v) is 4.87. The lowest BCUT2D eigenvalue weighted by molar-refractivity contribution is -0.158. The van der Waals surface area contributed by atoms with Crippen LogP contribution in [0.15, 0.2) is 24.3 Å². The van der Waals surface area contributed by atoms with E-state index >= 15 is 0 Å². The SMILES string of the molecule is C[C@H]1CCCN(CC(=O)N2c3ccccc3NC(=O)C[C@H]2C(F)(F)F)C1. The van der Waals surface area contributed by atoms with Crippen molar-refractivity contribution in [2.24, 2.45) is 5.92 Å². The maximum Gasteiger partial charge on any atom is 0.409 e. The van der Waals surface area contributed by atoms with Gasteiger partial charge in [-0.15, -0.1) is 0 Å². The van der Waals surface area contributed by atoms with Gasteiger partial charge in [0.05, 0.1) is 24.3 Å². The number of hydrogen-bond donors (Lipinski definition) is 1. The first-order valence-electron chi connectivity index (χ1n) is 8.75. The molecule has 1 aromatic carbocycles. The van der Waals surface area contributed by atoms with Crippen LogP contribution >= 0.6 is 0 Å². The Bertz CT molecular complexity index is 693. The van der Waals surface area contributed by atoms with E-state index in [2.05, 4.69) is 12.2 Å². The van der Waals surface area contributed by atoms with Crippen molar-refractivity contribution in [2.45, 2.75) is 38.4 Å². The van der Waals surface area contributed by atoms with E-state index in [-0.39, 0.29) is 17.9 Å². The van der Waals surface area contributed by atoms with Gasteiger partial charge in [-0.05, 0) is 37.4 Å². The molecule has 1 saturated heterocycles. The van der Waals surface area contributed by atoms with Gasteiger partial charge in [0.2, 0.25) is 11.8 Å². The van der Waals surface area contributed by atoms with Crippen LogP contribution in [0.2, 0.25) is 0 Å². The van der Waals surface area contributed by atoms with Crippen LogP contribution in [0.3, 0.4) is 0 Å². The molecular formula is C18H22F3N3O2. The molecule has 2 atom stereocenters. The molecule has 0 spiro atoms. The molecule has 1 fully saturated rings. The van der Waals surface area contributed by atoms with Crippen molar-refractivity contribution in [2.75, 3.05) is 29.9 Å². The van der Waals surface area contributed by atoms with E-state index in [0.29, 0.717) is 19.0 Å². The molecule has 5 nitrogen and oxygen atoms in total. The van der Waals surface area contributed by atoms with Gasteiger partial charge in [-0.2, -0.15) is 13.2 Å². The fourth-order valence-electron chi connectivity index (χ4n) is 3.69. The first kappa shape index (κ1) is 18.7. The van der Waals surface area contributed by atoms with Crippen molar-refractivity contribution in [1.29, 1.82) is 0 Å². The molecule has 26 heavy (non-hydrogen) atoms. The summed E-state index contributed by atoms with van der Waals surface area (Å²) in [7, 11) is 0. The topological polar surface area (TPSA) is 52.7 Å². The Balaban J connectivity index is 1.93. The smallest absolute Gasteiger partial charge is 0.324 e. The Morgan fingerprint density at radius 3 is 2.73 bits per heavy atom. The minimum absolute atomic E-state index is 0.0839. The van der Waals surface area contributed by atoms with E-state index in [1.807, 2.05) is 4.90 Å². The number of halogens is 3. The summed E-state index contributed by atoms with van der Waals surface area (Å²) in [6, 6.07) is 3.96. The van der Waals surface area contributed by atoms with E-state index < -0.39 is 30.5 Å². The zero-order valence-corrected chi connectivity index (χ0v) is 14.6. The number of amides is 2. The number of fused-ring (bicyclic) bond motifs is 1. The van der Waals surface area contributed by atoms with Gasteiger partial charge >= 0.3 is 6.18 Å². The quantitative estimate of drug-likeness (QED) is 0.872. The number of alkyl halides is 3. The van der Waals surface area contributed by atoms with E-state index in [0.717, 1.165) is 17.7 Å². The van der Waals surface area contributed by atoms with E-state index in [1.165, 1.54) is 12.1 Å². The molecule has 1 aromatic rings. The summed E-state index contributed by atoms with van der Waals surface area (Å²) in [4.78, 5) is 27.5. The highest BCUT2D eigenvalue weighted by atomic mass is 19.4. The van der Waals surface area contributed by atoms with Gasteiger partial charge in [-0.25, -0.2) is 0 Å². The van der Waals surface area contributed by atoms with Crippen molar-refractivity contribution in [3.05, 3.63) is 24.3 Å². The van der Waals surface area contributed by atoms with Crippen molar-refractivity contribution < 1.29 is 22.8 Å². The fraction of sp³-hybridized carbons (Fsp3) is 0.556. The number of hydrogen-bond acceptors (Lipinski definition) is 3. The summed E-state index contributed by atoms with van der Waals surface area (Å²) in [5, 5.41) is 2.47. The summed E-state index contributed by atoms with van der Waals surface area (Å²) >= 11 is 0. The molecule has 2 heterocycles. The van der Waals surface area contributed by atoms with Crippen LogP contribution in [-0.4, -0.2) is 48.6 Å². The molecule has 8 heteroatoms. The minimum Gasteiger partial charge on any atom is -0.324 e. The van der Waals surface area contributed by atoms with Gasteiger partial charge < -0.3 is 5.32 Å². The largest absolute Gasteiger partial charge is 0.409 e. The molecular weight excluding hydrogens is 347 g/mol. The van der Waals surface area contributed by atoms with Gasteiger partial charge in [0.1, 0.15) is 6.04 Å². The summed E-state index contributed by atoms with van der Waals surface area (Å²) in [6.07, 6.45) is -3.52. The molecule has 0 aliphatic carbocycles. The highest BCUT2D eigenvalue weighted by molar-refractivity contribution is 6.05. The molecule has 142 valence electrons. The molecule has 2 aliphatic rings. The molecule has 3 rings (SSSR count). The number of rotatable bonds is 2. The van der Waals surface area contributed by atoms with Gasteiger partial charge in [0.25, 0.3) is 0 Å². The Labute approximate surface area is 150 Å². The van der Waals surface area contributed by atoms with Crippen LogP contribution in [0.25, 0.3) is 0 Å². The predicted octanol–water partition coefficient (Wildman–Crippen LogP) is 3.02. The molecule has 1 N–H and O–H groups in total. The average molecular weight is 369 g/mol. The Morgan fingerprint density at radius 2 is 2.04 bits per heavy atom. The summed E-state index contributed by atoms with van der Waals surface area (Å²) in [5.74, 6) is -0.971. The van der Waals surface area contributed by atoms with Gasteiger partial charge in [0, 0.05) is 6.54 Å².